The Bertz CT molecular complexity index is 1290. The lowest BCUT2D eigenvalue weighted by Crippen LogP contribution is -2.12. The van der Waals surface area contributed by atoms with Crippen molar-refractivity contribution in [2.24, 2.45) is 5.73 Å². The van der Waals surface area contributed by atoms with E-state index in [0.29, 0.717) is 38.3 Å². The number of carbonyl (C=O) groups is 1. The fourth-order valence-corrected chi connectivity index (χ4v) is 3.98. The molecular formula is C21H17Cl2N5O3. The predicted octanol–water partition coefficient (Wildman–Crippen LogP) is 4.02. The molecule has 0 aliphatic carbocycles. The molecule has 0 radical (unpaired) electrons. The Labute approximate surface area is 187 Å². The standard InChI is InChI=1S/C21H17Cl2N5O3/c1-11-4-13(31-8-18(29)30)6-17-19(11)21(28-10-25-9-26-28)15(7-24)20(27-17)14-3-2-12(22)5-16(14)23/h2-6,9-10H,7-8,24H2,1H3,(H,29,30). The lowest BCUT2D eigenvalue weighted by atomic mass is 9.98. The van der Waals surface area contributed by atoms with Crippen LogP contribution in [-0.2, 0) is 11.3 Å². The van der Waals surface area contributed by atoms with E-state index in [1.54, 1.807) is 41.3 Å². The average molecular weight is 458 g/mol. The van der Waals surface area contributed by atoms with Crippen molar-refractivity contribution in [2.45, 2.75) is 13.5 Å². The van der Waals surface area contributed by atoms with Crippen molar-refractivity contribution in [1.29, 1.82) is 0 Å². The normalized spacial score (nSPS) is 11.1. The molecule has 3 N–H and O–H groups in total. The van der Waals surface area contributed by atoms with Crippen LogP contribution in [0, 0.1) is 6.92 Å². The van der Waals surface area contributed by atoms with Crippen LogP contribution < -0.4 is 10.5 Å². The van der Waals surface area contributed by atoms with Crippen molar-refractivity contribution >= 4 is 40.1 Å². The number of pyridine rings is 1. The van der Waals surface area contributed by atoms with Gasteiger partial charge in [0.05, 0.1) is 21.9 Å². The Kier molecular flexibility index (Phi) is 5.77. The number of nitrogens with two attached hydrogens (primary N) is 1. The molecule has 10 heteroatoms. The molecule has 0 aliphatic rings. The average Bonchev–Trinajstić information content (AvgIpc) is 3.25. The van der Waals surface area contributed by atoms with Crippen molar-refractivity contribution in [3.05, 3.63) is 64.2 Å². The number of benzene rings is 2. The molecule has 0 unspecified atom stereocenters. The number of fused-ring (bicyclic) bond motifs is 1. The van der Waals surface area contributed by atoms with Gasteiger partial charge >= 0.3 is 5.97 Å². The van der Waals surface area contributed by atoms with Crippen LogP contribution in [0.1, 0.15) is 11.1 Å². The summed E-state index contributed by atoms with van der Waals surface area (Å²) in [4.78, 5) is 19.8. The Morgan fingerprint density at radius 1 is 1.26 bits per heavy atom. The van der Waals surface area contributed by atoms with Gasteiger partial charge in [-0.1, -0.05) is 23.2 Å². The number of rotatable bonds is 6. The summed E-state index contributed by atoms with van der Waals surface area (Å²) in [5.41, 5.74) is 10.2. The molecule has 2 aromatic carbocycles. The molecule has 0 fully saturated rings. The second kappa shape index (κ2) is 8.50. The number of carboxylic acids is 1. The quantitative estimate of drug-likeness (QED) is 0.448. The van der Waals surface area contributed by atoms with E-state index in [4.69, 9.17) is 43.8 Å². The molecule has 8 nitrogen and oxygen atoms in total. The number of hydrogen-bond donors (Lipinski definition) is 2. The Hall–Kier alpha value is -3.20. The first-order chi connectivity index (χ1) is 14.9. The fraction of sp³-hybridized carbons (Fsp3) is 0.143. The zero-order valence-electron chi connectivity index (χ0n) is 16.3. The van der Waals surface area contributed by atoms with E-state index in [2.05, 4.69) is 10.1 Å². The summed E-state index contributed by atoms with van der Waals surface area (Å²) in [6.07, 6.45) is 3.01. The number of aryl methyl sites for hydroxylation is 1. The summed E-state index contributed by atoms with van der Waals surface area (Å²) in [7, 11) is 0. The van der Waals surface area contributed by atoms with Gasteiger partial charge in [0.25, 0.3) is 0 Å². The zero-order chi connectivity index (χ0) is 22.1. The third-order valence-corrected chi connectivity index (χ3v) is 5.28. The summed E-state index contributed by atoms with van der Waals surface area (Å²) in [6.45, 7) is 1.59. The molecule has 2 aromatic heterocycles. The van der Waals surface area contributed by atoms with E-state index in [1.807, 2.05) is 6.92 Å². The minimum Gasteiger partial charge on any atom is -0.482 e. The molecule has 2 heterocycles. The lowest BCUT2D eigenvalue weighted by Gasteiger charge is -2.19. The second-order valence-corrected chi connectivity index (χ2v) is 7.62. The van der Waals surface area contributed by atoms with Crippen molar-refractivity contribution in [3.8, 4) is 22.7 Å². The highest BCUT2D eigenvalue weighted by Crippen LogP contribution is 2.38. The summed E-state index contributed by atoms with van der Waals surface area (Å²) in [5.74, 6) is -0.681. The van der Waals surface area contributed by atoms with E-state index in [0.717, 1.165) is 16.5 Å². The Morgan fingerprint density at radius 2 is 2.06 bits per heavy atom. The number of ether oxygens (including phenoxy) is 1. The van der Waals surface area contributed by atoms with Gasteiger partial charge in [-0.15, -0.1) is 0 Å². The number of nitrogens with zero attached hydrogens (tertiary/aromatic N) is 4. The summed E-state index contributed by atoms with van der Waals surface area (Å²) >= 11 is 12.5. The first-order valence-electron chi connectivity index (χ1n) is 9.21. The van der Waals surface area contributed by atoms with E-state index in [9.17, 15) is 4.79 Å². The SMILES string of the molecule is Cc1cc(OCC(=O)O)cc2nc(-c3ccc(Cl)cc3Cl)c(CN)c(-n3cncn3)c12. The van der Waals surface area contributed by atoms with Gasteiger partial charge in [-0.05, 0) is 36.8 Å². The highest BCUT2D eigenvalue weighted by molar-refractivity contribution is 6.36. The highest BCUT2D eigenvalue weighted by Gasteiger charge is 2.21. The van der Waals surface area contributed by atoms with E-state index in [1.165, 1.54) is 6.33 Å². The minimum atomic E-state index is -1.07. The Morgan fingerprint density at radius 3 is 2.71 bits per heavy atom. The number of halogens is 2. The minimum absolute atomic E-state index is 0.170. The van der Waals surface area contributed by atoms with Crippen LogP contribution in [-0.4, -0.2) is 37.4 Å². The maximum Gasteiger partial charge on any atom is 0.341 e. The molecule has 31 heavy (non-hydrogen) atoms. The van der Waals surface area contributed by atoms with Crippen LogP contribution in [0.3, 0.4) is 0 Å². The van der Waals surface area contributed by atoms with Gasteiger partial charge in [0.15, 0.2) is 6.61 Å². The van der Waals surface area contributed by atoms with Crippen molar-refractivity contribution in [3.63, 3.8) is 0 Å². The van der Waals surface area contributed by atoms with Gasteiger partial charge in [0.1, 0.15) is 18.4 Å². The molecule has 0 spiro atoms. The van der Waals surface area contributed by atoms with Gasteiger partial charge in [0.2, 0.25) is 0 Å². The van der Waals surface area contributed by atoms with Crippen LogP contribution in [0.25, 0.3) is 27.8 Å². The van der Waals surface area contributed by atoms with Crippen LogP contribution in [0.5, 0.6) is 5.75 Å². The third-order valence-electron chi connectivity index (χ3n) is 4.73. The van der Waals surface area contributed by atoms with Gasteiger partial charge in [-0.25, -0.2) is 19.4 Å². The first kappa shape index (κ1) is 21.0. The lowest BCUT2D eigenvalue weighted by molar-refractivity contribution is -0.139. The summed E-state index contributed by atoms with van der Waals surface area (Å²) in [5, 5.41) is 15.0. The monoisotopic (exact) mass is 457 g/mol. The molecule has 0 saturated carbocycles. The van der Waals surface area contributed by atoms with Crippen LogP contribution in [0.4, 0.5) is 0 Å². The Balaban J connectivity index is 2.06. The largest absolute Gasteiger partial charge is 0.482 e. The van der Waals surface area contributed by atoms with E-state index in [-0.39, 0.29) is 6.54 Å². The first-order valence-corrected chi connectivity index (χ1v) is 9.97. The number of aliphatic carboxylic acids is 1. The van der Waals surface area contributed by atoms with Gasteiger partial charge in [-0.3, -0.25) is 0 Å². The van der Waals surface area contributed by atoms with Crippen molar-refractivity contribution < 1.29 is 14.6 Å². The second-order valence-electron chi connectivity index (χ2n) is 6.77. The number of aromatic nitrogens is 4. The van der Waals surface area contributed by atoms with Gasteiger partial charge < -0.3 is 15.6 Å². The van der Waals surface area contributed by atoms with Crippen LogP contribution >= 0.6 is 23.2 Å². The maximum absolute atomic E-state index is 10.9. The molecule has 0 saturated heterocycles. The molecule has 158 valence electrons. The number of carboxylic acid groups (broad SMARTS) is 1. The fourth-order valence-electron chi connectivity index (χ4n) is 3.49. The molecule has 0 amide bonds. The number of hydrogen-bond acceptors (Lipinski definition) is 6. The van der Waals surface area contributed by atoms with Crippen molar-refractivity contribution in [1.82, 2.24) is 19.7 Å². The summed E-state index contributed by atoms with van der Waals surface area (Å²) in [6, 6.07) is 8.57. The molecule has 4 aromatic rings. The summed E-state index contributed by atoms with van der Waals surface area (Å²) < 4.78 is 7.02. The maximum atomic E-state index is 10.9. The van der Waals surface area contributed by atoms with Gasteiger partial charge in [0, 0.05) is 34.1 Å². The molecule has 0 aliphatic heterocycles. The smallest absolute Gasteiger partial charge is 0.341 e. The molecule has 0 bridgehead atoms. The molecule has 0 atom stereocenters. The van der Waals surface area contributed by atoms with Crippen molar-refractivity contribution in [2.75, 3.05) is 6.61 Å². The van der Waals surface area contributed by atoms with Gasteiger partial charge in [-0.2, -0.15) is 5.10 Å². The topological polar surface area (TPSA) is 116 Å². The zero-order valence-corrected chi connectivity index (χ0v) is 17.9. The van der Waals surface area contributed by atoms with E-state index < -0.39 is 12.6 Å². The molecular weight excluding hydrogens is 441 g/mol. The van der Waals surface area contributed by atoms with Crippen LogP contribution in [0.15, 0.2) is 43.0 Å². The van der Waals surface area contributed by atoms with Crippen LogP contribution in [0.2, 0.25) is 10.0 Å². The van der Waals surface area contributed by atoms with E-state index >= 15 is 0 Å². The third kappa shape index (κ3) is 4.05. The predicted molar refractivity (Wildman–Crippen MR) is 118 cm³/mol. The molecule has 4 rings (SSSR count). The highest BCUT2D eigenvalue weighted by atomic mass is 35.5.